The van der Waals surface area contributed by atoms with E-state index in [2.05, 4.69) is 445 Å². The molecule has 0 spiro atoms. The summed E-state index contributed by atoms with van der Waals surface area (Å²) in [7, 11) is 0. The Morgan fingerprint density at radius 3 is 0.906 bits per heavy atom. The van der Waals surface area contributed by atoms with Gasteiger partial charge >= 0.3 is 0 Å². The van der Waals surface area contributed by atoms with E-state index in [1.54, 1.807) is 0 Å². The smallest absolute Gasteiger partial charge is 0.0541 e. The molecule has 0 saturated heterocycles. The number of fused-ring (bicyclic) bond motifs is 7. The van der Waals surface area contributed by atoms with Gasteiger partial charge in [0.15, 0.2) is 0 Å². The zero-order chi connectivity index (χ0) is 70.9. The van der Waals surface area contributed by atoms with Crippen LogP contribution in [0.15, 0.2) is 413 Å². The molecule has 4 heteroatoms. The minimum absolute atomic E-state index is 1.11. The first-order valence-electron chi connectivity index (χ1n) is 36.4. The van der Waals surface area contributed by atoms with Crippen LogP contribution in [0.4, 0.5) is 34.1 Å². The average Bonchev–Trinajstić information content (AvgIpc) is 1.59. The van der Waals surface area contributed by atoms with E-state index in [4.69, 9.17) is 0 Å². The summed E-state index contributed by atoms with van der Waals surface area (Å²) in [4.78, 5) is 4.65. The minimum Gasteiger partial charge on any atom is -0.311 e. The molecule has 0 aliphatic heterocycles. The summed E-state index contributed by atoms with van der Waals surface area (Å²) < 4.78 is 4.76. The van der Waals surface area contributed by atoms with E-state index in [9.17, 15) is 0 Å². The summed E-state index contributed by atoms with van der Waals surface area (Å²) >= 11 is 0. The number of hydrogen-bond donors (Lipinski definition) is 0. The fourth-order valence-corrected chi connectivity index (χ4v) is 15.4. The van der Waals surface area contributed by atoms with Crippen LogP contribution in [0.3, 0.4) is 0 Å². The van der Waals surface area contributed by atoms with Gasteiger partial charge in [0.1, 0.15) is 0 Å². The normalized spacial score (nSPS) is 11.3. The lowest BCUT2D eigenvalue weighted by atomic mass is 9.91. The highest BCUT2D eigenvalue weighted by Gasteiger charge is 2.20. The first-order chi connectivity index (χ1) is 52.4. The Morgan fingerprint density at radius 1 is 0.170 bits per heavy atom. The molecular weight excluding hydrogens is 1280 g/mol. The molecule has 4 nitrogen and oxygen atoms in total. The van der Waals surface area contributed by atoms with Crippen molar-refractivity contribution >= 4 is 88.5 Å². The van der Waals surface area contributed by atoms with Crippen molar-refractivity contribution in [3.05, 3.63) is 424 Å². The standard InChI is InChI=1S/C53H38N2.C49H36N2/c1-37-20-27-45(28-21-37)55-52-19-11-10-18-50(52)51-36-41(26-35-53(51)55)47-34-33-46(48-16-8-9-17-49(47)48)40-24-31-44(32-25-40)54(42-14-6-3-7-15-42)43-29-22-39(23-30-43)38-12-4-2-5-13-38;1-35-19-28-44(29-20-35)51-48-18-9-8-17-46(48)47-34-41(27-32-49(47)51)39-23-21-38(22-24-39)40-13-10-16-45(33-40)50(42-14-6-3-7-15-42)43-30-25-37(26-31-43)36-11-4-2-5-12-36/h2-36H,1H3;2-34H,1H3. The number of benzene rings is 17. The molecule has 0 N–H and O–H groups in total. The van der Waals surface area contributed by atoms with Crippen LogP contribution in [0.1, 0.15) is 11.1 Å². The van der Waals surface area contributed by atoms with E-state index in [0.29, 0.717) is 0 Å². The van der Waals surface area contributed by atoms with Crippen LogP contribution in [0, 0.1) is 13.8 Å². The third kappa shape index (κ3) is 12.4. The van der Waals surface area contributed by atoms with Crippen molar-refractivity contribution in [1.82, 2.24) is 9.13 Å². The lowest BCUT2D eigenvalue weighted by molar-refractivity contribution is 1.17. The lowest BCUT2D eigenvalue weighted by Gasteiger charge is -2.26. The van der Waals surface area contributed by atoms with Crippen molar-refractivity contribution in [3.8, 4) is 78.1 Å². The third-order valence-electron chi connectivity index (χ3n) is 20.8. The largest absolute Gasteiger partial charge is 0.311 e. The molecule has 0 fully saturated rings. The number of anilines is 6. The maximum atomic E-state index is 2.39. The van der Waals surface area contributed by atoms with Gasteiger partial charge in [0, 0.05) is 67.0 Å². The summed E-state index contributed by atoms with van der Waals surface area (Å²) in [5, 5.41) is 7.54. The van der Waals surface area contributed by atoms with E-state index < -0.39 is 0 Å². The van der Waals surface area contributed by atoms with Crippen molar-refractivity contribution < 1.29 is 0 Å². The van der Waals surface area contributed by atoms with Gasteiger partial charge in [-0.15, -0.1) is 0 Å². The minimum atomic E-state index is 1.11. The van der Waals surface area contributed by atoms with Crippen LogP contribution < -0.4 is 9.80 Å². The second-order valence-electron chi connectivity index (χ2n) is 27.4. The molecule has 17 aromatic carbocycles. The number of aromatic nitrogens is 2. The maximum absolute atomic E-state index is 2.39. The molecule has 502 valence electrons. The van der Waals surface area contributed by atoms with Crippen molar-refractivity contribution in [2.24, 2.45) is 0 Å². The fourth-order valence-electron chi connectivity index (χ4n) is 15.4. The molecular formula is C102H74N4. The molecule has 0 radical (unpaired) electrons. The fraction of sp³-hybridized carbons (Fsp3) is 0.0196. The van der Waals surface area contributed by atoms with Crippen molar-refractivity contribution in [2.75, 3.05) is 9.80 Å². The van der Waals surface area contributed by atoms with Gasteiger partial charge in [-0.1, -0.05) is 290 Å². The van der Waals surface area contributed by atoms with Crippen LogP contribution in [-0.2, 0) is 0 Å². The highest BCUT2D eigenvalue weighted by atomic mass is 15.1. The van der Waals surface area contributed by atoms with E-state index in [1.165, 1.54) is 144 Å². The molecule has 0 aliphatic carbocycles. The predicted octanol–water partition coefficient (Wildman–Crippen LogP) is 28.3. The number of para-hydroxylation sites is 4. The Labute approximate surface area is 619 Å². The zero-order valence-corrected chi connectivity index (χ0v) is 59.0. The monoisotopic (exact) mass is 1350 g/mol. The molecule has 0 unspecified atom stereocenters. The Hall–Kier alpha value is -13.8. The van der Waals surface area contributed by atoms with E-state index in [0.717, 1.165) is 34.1 Å². The number of nitrogens with zero attached hydrogens (tertiary/aromatic N) is 4. The van der Waals surface area contributed by atoms with Crippen LogP contribution >= 0.6 is 0 Å². The average molecular weight is 1360 g/mol. The van der Waals surface area contributed by atoms with Gasteiger partial charge in [-0.2, -0.15) is 0 Å². The number of hydrogen-bond acceptors (Lipinski definition) is 2. The Kier molecular flexibility index (Phi) is 17.1. The second-order valence-corrected chi connectivity index (χ2v) is 27.4. The van der Waals surface area contributed by atoms with Crippen LogP contribution in [0.25, 0.3) is 133 Å². The van der Waals surface area contributed by atoms with Gasteiger partial charge in [-0.3, -0.25) is 0 Å². The van der Waals surface area contributed by atoms with Gasteiger partial charge in [0.05, 0.1) is 22.1 Å². The van der Waals surface area contributed by atoms with Gasteiger partial charge in [-0.05, 0) is 225 Å². The molecule has 0 atom stereocenters. The van der Waals surface area contributed by atoms with Gasteiger partial charge < -0.3 is 18.9 Å². The highest BCUT2D eigenvalue weighted by Crippen LogP contribution is 2.44. The third-order valence-corrected chi connectivity index (χ3v) is 20.8. The summed E-state index contributed by atoms with van der Waals surface area (Å²) in [6.45, 7) is 4.27. The summed E-state index contributed by atoms with van der Waals surface area (Å²) in [6, 6.07) is 149. The second kappa shape index (κ2) is 28.2. The summed E-state index contributed by atoms with van der Waals surface area (Å²) in [5.41, 5.74) is 31.0. The number of aryl methyl sites for hydroxylation is 2. The summed E-state index contributed by atoms with van der Waals surface area (Å²) in [5.74, 6) is 0. The SMILES string of the molecule is Cc1ccc(-n2c3ccccc3c3cc(-c4ccc(-c5ccc(N(c6ccccc6)c6ccc(-c7ccccc7)cc6)cc5)c5ccccc45)ccc32)cc1.Cc1ccc(-n2c3ccccc3c3cc(-c4ccc(-c5cccc(N(c6ccccc6)c6ccc(-c7ccccc7)cc6)c5)cc4)ccc32)cc1. The van der Waals surface area contributed by atoms with E-state index >= 15 is 0 Å². The Bertz CT molecular complexity index is 6320. The van der Waals surface area contributed by atoms with Crippen molar-refractivity contribution in [2.45, 2.75) is 13.8 Å². The Balaban J connectivity index is 0.000000151. The van der Waals surface area contributed by atoms with Crippen molar-refractivity contribution in [3.63, 3.8) is 0 Å². The van der Waals surface area contributed by atoms with Crippen LogP contribution in [-0.4, -0.2) is 9.13 Å². The molecule has 2 heterocycles. The van der Waals surface area contributed by atoms with Crippen molar-refractivity contribution in [1.29, 1.82) is 0 Å². The van der Waals surface area contributed by atoms with E-state index in [1.807, 2.05) is 0 Å². The Morgan fingerprint density at radius 2 is 0.453 bits per heavy atom. The molecule has 2 aromatic heterocycles. The summed E-state index contributed by atoms with van der Waals surface area (Å²) in [6.07, 6.45) is 0. The zero-order valence-electron chi connectivity index (χ0n) is 59.0. The molecule has 0 aliphatic rings. The quantitative estimate of drug-likeness (QED) is 0.108. The molecule has 19 rings (SSSR count). The first-order valence-corrected chi connectivity index (χ1v) is 36.4. The molecule has 19 aromatic rings. The molecule has 0 bridgehead atoms. The van der Waals surface area contributed by atoms with Gasteiger partial charge in [-0.25, -0.2) is 0 Å². The lowest BCUT2D eigenvalue weighted by Crippen LogP contribution is -2.09. The molecule has 0 amide bonds. The van der Waals surface area contributed by atoms with Crippen LogP contribution in [0.5, 0.6) is 0 Å². The molecule has 0 saturated carbocycles. The topological polar surface area (TPSA) is 16.3 Å². The van der Waals surface area contributed by atoms with Gasteiger partial charge in [0.25, 0.3) is 0 Å². The van der Waals surface area contributed by atoms with E-state index in [-0.39, 0.29) is 0 Å². The first kappa shape index (κ1) is 64.3. The number of rotatable bonds is 14. The maximum Gasteiger partial charge on any atom is 0.0541 e. The van der Waals surface area contributed by atoms with Crippen LogP contribution in [0.2, 0.25) is 0 Å². The predicted molar refractivity (Wildman–Crippen MR) is 451 cm³/mol. The highest BCUT2D eigenvalue weighted by molar-refractivity contribution is 6.13. The molecule has 106 heavy (non-hydrogen) atoms. The van der Waals surface area contributed by atoms with Gasteiger partial charge in [0.2, 0.25) is 0 Å².